The first kappa shape index (κ1) is 21.6. The topological polar surface area (TPSA) is 66.4 Å². The SMILES string of the molecule is CCN(CC)c1ncc(N(CC(=O)c2ccc(Cl)cc2)C(=O)C(F)(F)F)cn1. The van der Waals surface area contributed by atoms with Gasteiger partial charge < -0.3 is 4.90 Å². The summed E-state index contributed by atoms with van der Waals surface area (Å²) < 4.78 is 39.1. The van der Waals surface area contributed by atoms with Crippen molar-refractivity contribution in [1.82, 2.24) is 9.97 Å². The van der Waals surface area contributed by atoms with Gasteiger partial charge in [-0.05, 0) is 38.1 Å². The summed E-state index contributed by atoms with van der Waals surface area (Å²) in [6.45, 7) is 4.16. The van der Waals surface area contributed by atoms with Gasteiger partial charge in [-0.3, -0.25) is 14.5 Å². The zero-order valence-electron chi connectivity index (χ0n) is 15.2. The molecule has 0 atom stereocenters. The molecular formula is C18H18ClF3N4O2. The molecule has 150 valence electrons. The van der Waals surface area contributed by atoms with Crippen LogP contribution in [0.3, 0.4) is 0 Å². The van der Waals surface area contributed by atoms with Crippen molar-refractivity contribution in [3.8, 4) is 0 Å². The number of nitrogens with zero attached hydrogens (tertiary/aromatic N) is 4. The molecule has 0 aliphatic heterocycles. The number of benzene rings is 1. The molecule has 1 heterocycles. The highest BCUT2D eigenvalue weighted by atomic mass is 35.5. The van der Waals surface area contributed by atoms with Gasteiger partial charge in [0.05, 0.1) is 24.6 Å². The van der Waals surface area contributed by atoms with E-state index in [-0.39, 0.29) is 11.3 Å². The van der Waals surface area contributed by atoms with Crippen molar-refractivity contribution in [3.05, 3.63) is 47.2 Å². The van der Waals surface area contributed by atoms with Crippen molar-refractivity contribution >= 4 is 34.9 Å². The maximum absolute atomic E-state index is 13.0. The summed E-state index contributed by atoms with van der Waals surface area (Å²) in [4.78, 5) is 34.4. The zero-order valence-corrected chi connectivity index (χ0v) is 16.0. The number of hydrogen-bond acceptors (Lipinski definition) is 5. The number of carbonyl (C=O) groups is 2. The lowest BCUT2D eigenvalue weighted by molar-refractivity contribution is -0.170. The van der Waals surface area contributed by atoms with E-state index in [0.29, 0.717) is 29.0 Å². The van der Waals surface area contributed by atoms with Crippen LogP contribution < -0.4 is 9.80 Å². The summed E-state index contributed by atoms with van der Waals surface area (Å²) in [6.07, 6.45) is -2.96. The molecule has 0 unspecified atom stereocenters. The molecule has 1 aromatic heterocycles. The first-order valence-corrected chi connectivity index (χ1v) is 8.79. The smallest absolute Gasteiger partial charge is 0.341 e. The zero-order chi connectivity index (χ0) is 20.9. The maximum atomic E-state index is 13.0. The molecule has 0 aliphatic carbocycles. The molecule has 0 spiro atoms. The molecule has 0 saturated carbocycles. The molecule has 2 aromatic rings. The van der Waals surface area contributed by atoms with Crippen LogP contribution in [0.2, 0.25) is 5.02 Å². The fourth-order valence-electron chi connectivity index (χ4n) is 2.43. The number of ketones is 1. The molecule has 0 saturated heterocycles. The molecule has 28 heavy (non-hydrogen) atoms. The van der Waals surface area contributed by atoms with Crippen LogP contribution >= 0.6 is 11.6 Å². The molecule has 1 aromatic carbocycles. The highest BCUT2D eigenvalue weighted by Crippen LogP contribution is 2.24. The van der Waals surface area contributed by atoms with Gasteiger partial charge in [0.2, 0.25) is 5.95 Å². The summed E-state index contributed by atoms with van der Waals surface area (Å²) in [5, 5.41) is 0.375. The summed E-state index contributed by atoms with van der Waals surface area (Å²) in [5.41, 5.74) is -0.0920. The molecule has 0 bridgehead atoms. The predicted molar refractivity (Wildman–Crippen MR) is 99.8 cm³/mol. The van der Waals surface area contributed by atoms with Gasteiger partial charge in [0.1, 0.15) is 0 Å². The molecule has 0 fully saturated rings. The van der Waals surface area contributed by atoms with E-state index in [4.69, 9.17) is 11.6 Å². The Morgan fingerprint density at radius 2 is 1.57 bits per heavy atom. The normalized spacial score (nSPS) is 11.2. The summed E-state index contributed by atoms with van der Waals surface area (Å²) >= 11 is 5.75. The van der Waals surface area contributed by atoms with E-state index in [2.05, 4.69) is 9.97 Å². The number of hydrogen-bond donors (Lipinski definition) is 0. The number of Topliss-reactive ketones (excluding diaryl/α,β-unsaturated/α-hetero) is 1. The molecule has 1 amide bonds. The van der Waals surface area contributed by atoms with Gasteiger partial charge >= 0.3 is 12.1 Å². The Balaban J connectivity index is 2.33. The number of anilines is 2. The standard InChI is InChI=1S/C18H18ClF3N4O2/c1-3-25(4-2)17-23-9-14(10-24-17)26(16(28)18(20,21)22)11-15(27)12-5-7-13(19)8-6-12/h5-10H,3-4,11H2,1-2H3. The van der Waals surface area contributed by atoms with E-state index in [1.165, 1.54) is 24.3 Å². The minimum atomic E-state index is -5.15. The summed E-state index contributed by atoms with van der Waals surface area (Å²) in [7, 11) is 0. The number of alkyl halides is 3. The van der Waals surface area contributed by atoms with E-state index in [1.807, 2.05) is 13.8 Å². The van der Waals surface area contributed by atoms with Gasteiger partial charge in [-0.15, -0.1) is 0 Å². The second-order valence-corrected chi connectivity index (χ2v) is 6.17. The molecule has 0 aliphatic rings. The van der Waals surface area contributed by atoms with E-state index in [9.17, 15) is 22.8 Å². The largest absolute Gasteiger partial charge is 0.471 e. The third-order valence-corrected chi connectivity index (χ3v) is 4.19. The van der Waals surface area contributed by atoms with Crippen LogP contribution in [0.4, 0.5) is 24.8 Å². The minimum absolute atomic E-state index is 0.130. The van der Waals surface area contributed by atoms with E-state index in [1.54, 1.807) is 4.90 Å². The molecule has 0 N–H and O–H groups in total. The Labute approximate surface area is 164 Å². The fourth-order valence-corrected chi connectivity index (χ4v) is 2.55. The average Bonchev–Trinajstić information content (AvgIpc) is 2.67. The van der Waals surface area contributed by atoms with Crippen molar-refractivity contribution in [2.75, 3.05) is 29.4 Å². The van der Waals surface area contributed by atoms with Crippen LogP contribution in [0, 0.1) is 0 Å². The molecule has 0 radical (unpaired) electrons. The van der Waals surface area contributed by atoms with Gasteiger partial charge in [0, 0.05) is 23.7 Å². The number of aromatic nitrogens is 2. The third-order valence-electron chi connectivity index (χ3n) is 3.94. The van der Waals surface area contributed by atoms with Crippen molar-refractivity contribution in [1.29, 1.82) is 0 Å². The second kappa shape index (κ2) is 9.01. The van der Waals surface area contributed by atoms with Crippen LogP contribution in [0.1, 0.15) is 24.2 Å². The first-order valence-electron chi connectivity index (χ1n) is 8.41. The number of halogens is 4. The van der Waals surface area contributed by atoms with E-state index >= 15 is 0 Å². The van der Waals surface area contributed by atoms with E-state index in [0.717, 1.165) is 12.4 Å². The summed E-state index contributed by atoms with van der Waals surface area (Å²) in [6, 6.07) is 5.63. The predicted octanol–water partition coefficient (Wildman–Crippen LogP) is 3.75. The van der Waals surface area contributed by atoms with Crippen LogP contribution in [-0.4, -0.2) is 47.5 Å². The van der Waals surface area contributed by atoms with E-state index < -0.39 is 24.4 Å². The van der Waals surface area contributed by atoms with Crippen molar-refractivity contribution in [3.63, 3.8) is 0 Å². The third kappa shape index (κ3) is 5.19. The molecule has 2 rings (SSSR count). The van der Waals surface area contributed by atoms with Crippen molar-refractivity contribution in [2.24, 2.45) is 0 Å². The Hall–Kier alpha value is -2.68. The summed E-state index contributed by atoms with van der Waals surface area (Å²) in [5.74, 6) is -2.53. The van der Waals surface area contributed by atoms with Crippen LogP contribution in [0.25, 0.3) is 0 Å². The number of carbonyl (C=O) groups excluding carboxylic acids is 2. The fraction of sp³-hybridized carbons (Fsp3) is 0.333. The number of amides is 1. The average molecular weight is 415 g/mol. The monoisotopic (exact) mass is 414 g/mol. The molecule has 6 nitrogen and oxygen atoms in total. The highest BCUT2D eigenvalue weighted by Gasteiger charge is 2.43. The molecule has 10 heteroatoms. The highest BCUT2D eigenvalue weighted by molar-refractivity contribution is 6.30. The van der Waals surface area contributed by atoms with Crippen molar-refractivity contribution in [2.45, 2.75) is 20.0 Å². The van der Waals surface area contributed by atoms with Gasteiger partial charge in [0.15, 0.2) is 5.78 Å². The Morgan fingerprint density at radius 3 is 2.04 bits per heavy atom. The Kier molecular flexibility index (Phi) is 6.95. The Morgan fingerprint density at radius 1 is 1.04 bits per heavy atom. The second-order valence-electron chi connectivity index (χ2n) is 5.73. The quantitative estimate of drug-likeness (QED) is 0.645. The van der Waals surface area contributed by atoms with Gasteiger partial charge in [0.25, 0.3) is 0 Å². The maximum Gasteiger partial charge on any atom is 0.471 e. The lowest BCUT2D eigenvalue weighted by atomic mass is 10.1. The van der Waals surface area contributed by atoms with Crippen LogP contribution in [0.5, 0.6) is 0 Å². The lowest BCUT2D eigenvalue weighted by Gasteiger charge is -2.24. The lowest BCUT2D eigenvalue weighted by Crippen LogP contribution is -2.44. The van der Waals surface area contributed by atoms with Crippen LogP contribution in [0.15, 0.2) is 36.7 Å². The van der Waals surface area contributed by atoms with Crippen LogP contribution in [-0.2, 0) is 4.79 Å². The van der Waals surface area contributed by atoms with Crippen molar-refractivity contribution < 1.29 is 22.8 Å². The van der Waals surface area contributed by atoms with Gasteiger partial charge in [-0.25, -0.2) is 9.97 Å². The minimum Gasteiger partial charge on any atom is -0.341 e. The van der Waals surface area contributed by atoms with Gasteiger partial charge in [-0.2, -0.15) is 13.2 Å². The number of rotatable bonds is 7. The first-order chi connectivity index (χ1) is 13.2. The Bertz CT molecular complexity index is 822. The molecular weight excluding hydrogens is 397 g/mol. The van der Waals surface area contributed by atoms with Gasteiger partial charge in [-0.1, -0.05) is 11.6 Å².